The van der Waals surface area contributed by atoms with Gasteiger partial charge in [0, 0.05) is 11.6 Å². The molecule has 1 aromatic rings. The third kappa shape index (κ3) is 1.37. The SMILES string of the molecule is NC(=O)c1c(Cl)c(C2CC2)n2c1C[NH2+]CC2. The topological polar surface area (TPSA) is 64.6 Å². The van der Waals surface area contributed by atoms with Crippen molar-refractivity contribution in [1.82, 2.24) is 4.57 Å². The number of fused-ring (bicyclic) bond motifs is 1. The molecule has 3 rings (SSSR count). The quantitative estimate of drug-likeness (QED) is 0.762. The Morgan fingerprint density at radius 1 is 1.50 bits per heavy atom. The van der Waals surface area contributed by atoms with Gasteiger partial charge in [0.1, 0.15) is 6.54 Å². The molecule has 1 aliphatic heterocycles. The first-order valence-electron chi connectivity index (χ1n) is 5.72. The Kier molecular flexibility index (Phi) is 2.23. The van der Waals surface area contributed by atoms with E-state index in [4.69, 9.17) is 17.3 Å². The molecule has 0 atom stereocenters. The van der Waals surface area contributed by atoms with Gasteiger partial charge in [-0.05, 0) is 12.8 Å². The number of quaternary nitrogens is 1. The van der Waals surface area contributed by atoms with Crippen LogP contribution in [0.4, 0.5) is 0 Å². The first-order valence-corrected chi connectivity index (χ1v) is 6.10. The number of amides is 1. The molecule has 0 spiro atoms. The smallest absolute Gasteiger partial charge is 0.252 e. The Bertz CT molecular complexity index is 462. The van der Waals surface area contributed by atoms with E-state index in [0.29, 0.717) is 16.5 Å². The van der Waals surface area contributed by atoms with Crippen LogP contribution in [-0.4, -0.2) is 17.0 Å². The van der Waals surface area contributed by atoms with Crippen LogP contribution in [0, 0.1) is 0 Å². The average Bonchev–Trinajstić information content (AvgIpc) is 3.01. The predicted molar refractivity (Wildman–Crippen MR) is 60.4 cm³/mol. The fraction of sp³-hybridized carbons (Fsp3) is 0.545. The Balaban J connectivity index is 2.21. The molecule has 0 aromatic carbocycles. The van der Waals surface area contributed by atoms with Gasteiger partial charge in [-0.1, -0.05) is 11.6 Å². The van der Waals surface area contributed by atoms with Crippen molar-refractivity contribution < 1.29 is 10.1 Å². The van der Waals surface area contributed by atoms with Crippen molar-refractivity contribution in [3.8, 4) is 0 Å². The van der Waals surface area contributed by atoms with Gasteiger partial charge in [0.15, 0.2) is 0 Å². The first-order chi connectivity index (χ1) is 7.70. The van der Waals surface area contributed by atoms with E-state index in [1.54, 1.807) is 0 Å². The maximum atomic E-state index is 11.5. The van der Waals surface area contributed by atoms with Gasteiger partial charge in [-0.25, -0.2) is 0 Å². The summed E-state index contributed by atoms with van der Waals surface area (Å²) in [6.07, 6.45) is 2.37. The first kappa shape index (κ1) is 10.2. The summed E-state index contributed by atoms with van der Waals surface area (Å²) >= 11 is 6.31. The second-order valence-electron chi connectivity index (χ2n) is 4.59. The lowest BCUT2D eigenvalue weighted by molar-refractivity contribution is -0.677. The molecule has 0 unspecified atom stereocenters. The summed E-state index contributed by atoms with van der Waals surface area (Å²) in [5.74, 6) is 0.161. The number of rotatable bonds is 2. The van der Waals surface area contributed by atoms with Gasteiger partial charge < -0.3 is 15.6 Å². The van der Waals surface area contributed by atoms with Crippen LogP contribution in [-0.2, 0) is 13.1 Å². The second-order valence-corrected chi connectivity index (χ2v) is 4.97. The molecule has 0 bridgehead atoms. The zero-order chi connectivity index (χ0) is 11.3. The van der Waals surface area contributed by atoms with Crippen LogP contribution < -0.4 is 11.1 Å². The third-order valence-electron chi connectivity index (χ3n) is 3.45. The van der Waals surface area contributed by atoms with Crippen LogP contribution in [0.3, 0.4) is 0 Å². The highest BCUT2D eigenvalue weighted by molar-refractivity contribution is 6.35. The molecule has 1 aliphatic carbocycles. The zero-order valence-electron chi connectivity index (χ0n) is 9.00. The van der Waals surface area contributed by atoms with Crippen LogP contribution in [0.2, 0.25) is 5.02 Å². The summed E-state index contributed by atoms with van der Waals surface area (Å²) in [5.41, 5.74) is 8.15. The minimum Gasteiger partial charge on any atom is -0.365 e. The predicted octanol–water partition coefficient (Wildman–Crippen LogP) is 0.195. The van der Waals surface area contributed by atoms with Gasteiger partial charge >= 0.3 is 0 Å². The molecular weight excluding hydrogens is 226 g/mol. The Morgan fingerprint density at radius 3 is 2.88 bits per heavy atom. The Hall–Kier alpha value is -1.00. The summed E-state index contributed by atoms with van der Waals surface area (Å²) < 4.78 is 2.22. The molecule has 2 heterocycles. The normalized spacial score (nSPS) is 19.6. The lowest BCUT2D eigenvalue weighted by atomic mass is 10.2. The largest absolute Gasteiger partial charge is 0.365 e. The number of halogens is 1. The number of aromatic nitrogens is 1. The Morgan fingerprint density at radius 2 is 2.25 bits per heavy atom. The van der Waals surface area contributed by atoms with Gasteiger partial charge in [-0.2, -0.15) is 0 Å². The van der Waals surface area contributed by atoms with Crippen molar-refractivity contribution in [3.63, 3.8) is 0 Å². The average molecular weight is 241 g/mol. The molecular formula is C11H15ClN3O+. The molecule has 1 saturated carbocycles. The number of carbonyl (C=O) groups excluding carboxylic acids is 1. The molecule has 1 fully saturated rings. The van der Waals surface area contributed by atoms with Crippen molar-refractivity contribution in [2.45, 2.75) is 31.8 Å². The lowest BCUT2D eigenvalue weighted by Gasteiger charge is -2.17. The van der Waals surface area contributed by atoms with E-state index in [2.05, 4.69) is 9.88 Å². The number of hydrogen-bond acceptors (Lipinski definition) is 1. The van der Waals surface area contributed by atoms with E-state index in [9.17, 15) is 4.79 Å². The molecule has 2 aliphatic rings. The van der Waals surface area contributed by atoms with Crippen molar-refractivity contribution in [2.24, 2.45) is 5.73 Å². The molecule has 86 valence electrons. The van der Waals surface area contributed by atoms with Crippen molar-refractivity contribution >= 4 is 17.5 Å². The zero-order valence-corrected chi connectivity index (χ0v) is 9.76. The number of nitrogens with zero attached hydrogens (tertiary/aromatic N) is 1. The highest BCUT2D eigenvalue weighted by Crippen LogP contribution is 2.46. The van der Waals surface area contributed by atoms with E-state index < -0.39 is 5.91 Å². The number of hydrogen-bond donors (Lipinski definition) is 2. The van der Waals surface area contributed by atoms with Gasteiger partial charge in [-0.3, -0.25) is 4.79 Å². The summed E-state index contributed by atoms with van der Waals surface area (Å²) in [7, 11) is 0. The van der Waals surface area contributed by atoms with Crippen molar-refractivity contribution in [3.05, 3.63) is 22.0 Å². The minimum atomic E-state index is -0.393. The van der Waals surface area contributed by atoms with Gasteiger partial charge in [0.25, 0.3) is 5.91 Å². The maximum Gasteiger partial charge on any atom is 0.252 e. The van der Waals surface area contributed by atoms with Crippen LogP contribution in [0.1, 0.15) is 40.5 Å². The van der Waals surface area contributed by atoms with Crippen molar-refractivity contribution in [2.75, 3.05) is 6.54 Å². The highest BCUT2D eigenvalue weighted by atomic mass is 35.5. The number of carbonyl (C=O) groups is 1. The summed E-state index contributed by atoms with van der Waals surface area (Å²) in [6.45, 7) is 2.80. The highest BCUT2D eigenvalue weighted by Gasteiger charge is 2.36. The molecule has 1 aromatic heterocycles. The van der Waals surface area contributed by atoms with Gasteiger partial charge in [-0.15, -0.1) is 0 Å². The summed E-state index contributed by atoms with van der Waals surface area (Å²) in [6, 6.07) is 0. The maximum absolute atomic E-state index is 11.5. The molecule has 1 amide bonds. The molecule has 5 heteroatoms. The molecule has 4 N–H and O–H groups in total. The number of primary amides is 1. The van der Waals surface area contributed by atoms with Gasteiger partial charge in [0.2, 0.25) is 0 Å². The van der Waals surface area contributed by atoms with Crippen LogP contribution in [0.25, 0.3) is 0 Å². The Labute approximate surface area is 98.7 Å². The molecule has 16 heavy (non-hydrogen) atoms. The van der Waals surface area contributed by atoms with Crippen LogP contribution in [0.15, 0.2) is 0 Å². The molecule has 0 saturated heterocycles. The van der Waals surface area contributed by atoms with E-state index in [0.717, 1.165) is 31.0 Å². The minimum absolute atomic E-state index is 0.393. The van der Waals surface area contributed by atoms with E-state index in [1.807, 2.05) is 0 Å². The van der Waals surface area contributed by atoms with Crippen molar-refractivity contribution in [1.29, 1.82) is 0 Å². The standard InChI is InChI=1S/C11H14ClN3O/c12-9-8(11(13)16)7-5-14-3-4-15(7)10(9)6-1-2-6/h6,14H,1-5H2,(H2,13,16)/p+1. The fourth-order valence-corrected chi connectivity index (χ4v) is 3.05. The second kappa shape index (κ2) is 3.50. The molecule has 4 nitrogen and oxygen atoms in total. The van der Waals surface area contributed by atoms with Crippen LogP contribution >= 0.6 is 11.6 Å². The lowest BCUT2D eigenvalue weighted by Crippen LogP contribution is -2.85. The fourth-order valence-electron chi connectivity index (χ4n) is 2.59. The van der Waals surface area contributed by atoms with E-state index in [1.165, 1.54) is 12.8 Å². The molecule has 0 radical (unpaired) electrons. The van der Waals surface area contributed by atoms with E-state index in [-0.39, 0.29) is 0 Å². The van der Waals surface area contributed by atoms with E-state index >= 15 is 0 Å². The van der Waals surface area contributed by atoms with Crippen LogP contribution in [0.5, 0.6) is 0 Å². The number of nitrogens with two attached hydrogens (primary N) is 2. The monoisotopic (exact) mass is 240 g/mol. The third-order valence-corrected chi connectivity index (χ3v) is 3.84. The summed E-state index contributed by atoms with van der Waals surface area (Å²) in [5, 5.41) is 2.80. The van der Waals surface area contributed by atoms with Gasteiger partial charge in [0.05, 0.1) is 29.4 Å². The summed E-state index contributed by atoms with van der Waals surface area (Å²) in [4.78, 5) is 11.5.